The maximum Gasteiger partial charge on any atom is 0.332 e. The van der Waals surface area contributed by atoms with E-state index in [0.29, 0.717) is 12.2 Å². The molecule has 0 aliphatic carbocycles. The Morgan fingerprint density at radius 3 is 3.06 bits per heavy atom. The van der Waals surface area contributed by atoms with Gasteiger partial charge in [-0.15, -0.1) is 0 Å². The first-order chi connectivity index (χ1) is 7.61. The lowest BCUT2D eigenvalue weighted by Crippen LogP contribution is -2.24. The fourth-order valence-electron chi connectivity index (χ4n) is 1.95. The van der Waals surface area contributed by atoms with Crippen molar-refractivity contribution in [2.45, 2.75) is 13.3 Å². The van der Waals surface area contributed by atoms with Crippen LogP contribution in [0.1, 0.15) is 13.3 Å². The number of carbonyl (C=O) groups is 2. The minimum absolute atomic E-state index is 0.176. The summed E-state index contributed by atoms with van der Waals surface area (Å²) >= 11 is 1.50. The van der Waals surface area contributed by atoms with Gasteiger partial charge in [-0.2, -0.15) is 0 Å². The van der Waals surface area contributed by atoms with Gasteiger partial charge in [-0.1, -0.05) is 18.7 Å². The number of esters is 1. The molecule has 0 saturated heterocycles. The molecule has 2 aliphatic heterocycles. The third kappa shape index (κ3) is 2.00. The van der Waals surface area contributed by atoms with Crippen LogP contribution in [0.25, 0.3) is 0 Å². The van der Waals surface area contributed by atoms with Crippen LogP contribution >= 0.6 is 11.8 Å². The maximum atomic E-state index is 11.6. The summed E-state index contributed by atoms with van der Waals surface area (Å²) in [6.45, 7) is 2.01. The van der Waals surface area contributed by atoms with Crippen molar-refractivity contribution in [2.75, 3.05) is 12.9 Å². The van der Waals surface area contributed by atoms with E-state index in [0.717, 1.165) is 16.3 Å². The fraction of sp³-hybridized carbons (Fsp3) is 0.455. The molecule has 2 heterocycles. The van der Waals surface area contributed by atoms with Crippen LogP contribution in [0.2, 0.25) is 0 Å². The molecule has 0 saturated carbocycles. The van der Waals surface area contributed by atoms with Crippen LogP contribution < -0.4 is 5.32 Å². The van der Waals surface area contributed by atoms with Crippen molar-refractivity contribution < 1.29 is 14.3 Å². The highest BCUT2D eigenvalue weighted by atomic mass is 32.2. The van der Waals surface area contributed by atoms with Crippen molar-refractivity contribution >= 4 is 23.5 Å². The Labute approximate surface area is 98.1 Å². The van der Waals surface area contributed by atoms with Crippen LogP contribution in [0.15, 0.2) is 22.4 Å². The SMILES string of the molecule is COC(=O)/C=C1/C[C@H](C)C2=C(N1)SCC2=O. The number of nitrogens with one attached hydrogen (secondary N) is 1. The van der Waals surface area contributed by atoms with Crippen LogP contribution in [-0.4, -0.2) is 24.6 Å². The molecule has 86 valence electrons. The average molecular weight is 239 g/mol. The molecule has 5 heteroatoms. The van der Waals surface area contributed by atoms with Gasteiger partial charge < -0.3 is 10.1 Å². The molecule has 4 nitrogen and oxygen atoms in total. The van der Waals surface area contributed by atoms with E-state index >= 15 is 0 Å². The van der Waals surface area contributed by atoms with Crippen LogP contribution in [0.3, 0.4) is 0 Å². The van der Waals surface area contributed by atoms with E-state index in [2.05, 4.69) is 10.1 Å². The Bertz CT molecular complexity index is 411. The zero-order valence-corrected chi connectivity index (χ0v) is 10.0. The number of carbonyl (C=O) groups excluding carboxylic acids is 2. The van der Waals surface area contributed by atoms with Crippen LogP contribution in [0.5, 0.6) is 0 Å². The van der Waals surface area contributed by atoms with Gasteiger partial charge in [-0.05, 0) is 12.3 Å². The Balaban J connectivity index is 2.22. The maximum absolute atomic E-state index is 11.6. The van der Waals surface area contributed by atoms with E-state index in [1.165, 1.54) is 24.9 Å². The predicted octanol–water partition coefficient (Wildman–Crippen LogP) is 1.20. The number of hydrogen-bond donors (Lipinski definition) is 1. The van der Waals surface area contributed by atoms with Crippen molar-refractivity contribution in [2.24, 2.45) is 5.92 Å². The molecule has 0 aromatic heterocycles. The van der Waals surface area contributed by atoms with E-state index in [1.807, 2.05) is 6.92 Å². The molecule has 0 aromatic rings. The lowest BCUT2D eigenvalue weighted by Gasteiger charge is -2.23. The first-order valence-corrected chi connectivity index (χ1v) is 6.06. The van der Waals surface area contributed by atoms with E-state index in [1.54, 1.807) is 0 Å². The quantitative estimate of drug-likeness (QED) is 0.550. The number of Topliss-reactive ketones (excluding diaryl/α,β-unsaturated/α-hetero) is 1. The molecule has 0 fully saturated rings. The zero-order valence-electron chi connectivity index (χ0n) is 9.20. The largest absolute Gasteiger partial charge is 0.466 e. The monoisotopic (exact) mass is 239 g/mol. The molecule has 1 atom stereocenters. The third-order valence-corrected chi connectivity index (χ3v) is 3.70. The summed E-state index contributed by atoms with van der Waals surface area (Å²) in [7, 11) is 1.35. The second-order valence-electron chi connectivity index (χ2n) is 3.88. The summed E-state index contributed by atoms with van der Waals surface area (Å²) in [6.07, 6.45) is 2.13. The Morgan fingerprint density at radius 2 is 2.38 bits per heavy atom. The summed E-state index contributed by atoms with van der Waals surface area (Å²) in [5.41, 5.74) is 1.70. The number of thioether (sulfide) groups is 1. The number of rotatable bonds is 1. The van der Waals surface area contributed by atoms with E-state index in [4.69, 9.17) is 0 Å². The summed E-state index contributed by atoms with van der Waals surface area (Å²) < 4.78 is 4.58. The molecule has 2 aliphatic rings. The average Bonchev–Trinajstić information content (AvgIpc) is 2.60. The van der Waals surface area contributed by atoms with E-state index < -0.39 is 0 Å². The third-order valence-electron chi connectivity index (χ3n) is 2.68. The number of allylic oxidation sites excluding steroid dienone is 2. The number of hydrogen-bond acceptors (Lipinski definition) is 5. The summed E-state index contributed by atoms with van der Waals surface area (Å²) in [6, 6.07) is 0. The van der Waals surface area contributed by atoms with Gasteiger partial charge in [0, 0.05) is 17.3 Å². The van der Waals surface area contributed by atoms with Crippen molar-refractivity contribution in [1.82, 2.24) is 5.32 Å². The molecule has 1 N–H and O–H groups in total. The van der Waals surface area contributed by atoms with Crippen LogP contribution in [-0.2, 0) is 14.3 Å². The lowest BCUT2D eigenvalue weighted by atomic mass is 9.91. The molecule has 0 bridgehead atoms. The summed E-state index contributed by atoms with van der Waals surface area (Å²) in [5, 5.41) is 4.03. The molecular formula is C11H13NO3S. The second kappa shape index (κ2) is 4.33. The zero-order chi connectivity index (χ0) is 11.7. The summed E-state index contributed by atoms with van der Waals surface area (Å²) in [4.78, 5) is 22.7. The normalized spacial score (nSPS) is 26.8. The van der Waals surface area contributed by atoms with E-state index in [9.17, 15) is 9.59 Å². The minimum Gasteiger partial charge on any atom is -0.466 e. The van der Waals surface area contributed by atoms with Gasteiger partial charge in [0.15, 0.2) is 5.78 Å². The van der Waals surface area contributed by atoms with Gasteiger partial charge >= 0.3 is 5.97 Å². The summed E-state index contributed by atoms with van der Waals surface area (Å²) in [5.74, 6) is 0.521. The number of methoxy groups -OCH3 is 1. The van der Waals surface area contributed by atoms with Gasteiger partial charge in [0.2, 0.25) is 0 Å². The molecule has 16 heavy (non-hydrogen) atoms. The van der Waals surface area contributed by atoms with Crippen LogP contribution in [0.4, 0.5) is 0 Å². The first-order valence-electron chi connectivity index (χ1n) is 5.07. The van der Waals surface area contributed by atoms with Crippen molar-refractivity contribution in [1.29, 1.82) is 0 Å². The molecule has 0 amide bonds. The Morgan fingerprint density at radius 1 is 1.62 bits per heavy atom. The van der Waals surface area contributed by atoms with Gasteiger partial charge in [0.1, 0.15) is 0 Å². The standard InChI is InChI=1S/C11H13NO3S/c1-6-3-7(4-9(14)15-2)12-11-10(6)8(13)5-16-11/h4,6,12H,3,5H2,1-2H3/b7-4-/t6-/m0/s1. The van der Waals surface area contributed by atoms with E-state index in [-0.39, 0.29) is 17.7 Å². The fourth-order valence-corrected chi connectivity index (χ4v) is 3.05. The topological polar surface area (TPSA) is 55.4 Å². The number of ether oxygens (including phenoxy) is 1. The molecule has 0 spiro atoms. The predicted molar refractivity (Wildman–Crippen MR) is 61.5 cm³/mol. The molecule has 0 unspecified atom stereocenters. The molecule has 0 radical (unpaired) electrons. The molecular weight excluding hydrogens is 226 g/mol. The highest BCUT2D eigenvalue weighted by Gasteiger charge is 2.32. The molecule has 2 rings (SSSR count). The second-order valence-corrected chi connectivity index (χ2v) is 4.86. The Hall–Kier alpha value is -1.23. The number of ketones is 1. The minimum atomic E-state index is -0.368. The van der Waals surface area contributed by atoms with Crippen molar-refractivity contribution in [3.8, 4) is 0 Å². The smallest absolute Gasteiger partial charge is 0.332 e. The van der Waals surface area contributed by atoms with Gasteiger partial charge in [-0.25, -0.2) is 4.79 Å². The van der Waals surface area contributed by atoms with Gasteiger partial charge in [-0.3, -0.25) is 4.79 Å². The highest BCUT2D eigenvalue weighted by molar-refractivity contribution is 8.04. The lowest BCUT2D eigenvalue weighted by molar-refractivity contribution is -0.134. The molecule has 0 aromatic carbocycles. The van der Waals surface area contributed by atoms with Crippen molar-refractivity contribution in [3.63, 3.8) is 0 Å². The van der Waals surface area contributed by atoms with Gasteiger partial charge in [0.25, 0.3) is 0 Å². The highest BCUT2D eigenvalue weighted by Crippen LogP contribution is 2.38. The van der Waals surface area contributed by atoms with Crippen LogP contribution in [0, 0.1) is 5.92 Å². The van der Waals surface area contributed by atoms with Crippen molar-refractivity contribution in [3.05, 3.63) is 22.4 Å². The van der Waals surface area contributed by atoms with Gasteiger partial charge in [0.05, 0.1) is 17.9 Å². The Kier molecular flexibility index (Phi) is 3.05. The first kappa shape index (κ1) is 11.3.